The van der Waals surface area contributed by atoms with Gasteiger partial charge in [0.2, 0.25) is 5.91 Å². The number of H-pyrrole nitrogens is 1. The summed E-state index contributed by atoms with van der Waals surface area (Å²) in [6.07, 6.45) is 2.05. The summed E-state index contributed by atoms with van der Waals surface area (Å²) in [6, 6.07) is 12.4. The summed E-state index contributed by atoms with van der Waals surface area (Å²) in [5.41, 5.74) is 3.62. The molecule has 9 nitrogen and oxygen atoms in total. The summed E-state index contributed by atoms with van der Waals surface area (Å²) in [5.74, 6) is 1.71. The Morgan fingerprint density at radius 1 is 1.18 bits per heavy atom. The number of carbonyl (C=O) groups is 1. The van der Waals surface area contributed by atoms with Crippen molar-refractivity contribution in [1.29, 1.82) is 10.5 Å². The summed E-state index contributed by atoms with van der Waals surface area (Å²) >= 11 is 1.46. The van der Waals surface area contributed by atoms with Crippen molar-refractivity contribution >= 4 is 23.5 Å². The van der Waals surface area contributed by atoms with Crippen molar-refractivity contribution in [3.63, 3.8) is 0 Å². The molecule has 2 aromatic heterocycles. The maximum Gasteiger partial charge on any atom is 0.217 e. The molecule has 33 heavy (non-hydrogen) atoms. The number of aromatic nitrogens is 4. The van der Waals surface area contributed by atoms with Gasteiger partial charge in [-0.2, -0.15) is 10.5 Å². The van der Waals surface area contributed by atoms with Gasteiger partial charge in [-0.25, -0.2) is 4.98 Å². The van der Waals surface area contributed by atoms with Crippen LogP contribution < -0.4 is 10.2 Å². The number of hydrogen-bond donors (Lipinski definition) is 2. The van der Waals surface area contributed by atoms with Gasteiger partial charge in [0.05, 0.1) is 17.7 Å². The molecular formula is C23H24N8OS. The largest absolute Gasteiger partial charge is 0.352 e. The third kappa shape index (κ3) is 5.88. The summed E-state index contributed by atoms with van der Waals surface area (Å²) in [5, 5.41) is 30.8. The second-order valence-electron chi connectivity index (χ2n) is 7.35. The van der Waals surface area contributed by atoms with E-state index in [2.05, 4.69) is 32.6 Å². The molecule has 1 amide bonds. The summed E-state index contributed by atoms with van der Waals surface area (Å²) < 4.78 is 0. The first-order valence-electron chi connectivity index (χ1n) is 10.3. The fraction of sp³-hybridized carbons (Fsp3) is 0.304. The summed E-state index contributed by atoms with van der Waals surface area (Å²) in [6.45, 7) is 4.31. The predicted molar refractivity (Wildman–Crippen MR) is 125 cm³/mol. The van der Waals surface area contributed by atoms with E-state index >= 15 is 0 Å². The van der Waals surface area contributed by atoms with Gasteiger partial charge in [-0.1, -0.05) is 31.2 Å². The smallest absolute Gasteiger partial charge is 0.217 e. The SMILES string of the molecule is CCc1c(C#N)c(SCc2ccc(CNC(C)=O)cc2)nc(N(C)Cc2nnc[nH]2)c1C#N. The van der Waals surface area contributed by atoms with E-state index in [1.165, 1.54) is 25.0 Å². The van der Waals surface area contributed by atoms with Gasteiger partial charge < -0.3 is 15.2 Å². The zero-order valence-electron chi connectivity index (χ0n) is 18.7. The molecule has 3 rings (SSSR count). The molecule has 0 unspecified atom stereocenters. The fourth-order valence-electron chi connectivity index (χ4n) is 3.30. The number of nitrogens with one attached hydrogen (secondary N) is 2. The van der Waals surface area contributed by atoms with E-state index in [9.17, 15) is 15.3 Å². The van der Waals surface area contributed by atoms with Gasteiger partial charge >= 0.3 is 0 Å². The molecular weight excluding hydrogens is 436 g/mol. The second-order valence-corrected chi connectivity index (χ2v) is 8.32. The van der Waals surface area contributed by atoms with Crippen LogP contribution in [0.4, 0.5) is 5.82 Å². The Kier molecular flexibility index (Phi) is 8.01. The van der Waals surface area contributed by atoms with Crippen LogP contribution in [-0.2, 0) is 30.1 Å². The van der Waals surface area contributed by atoms with Crippen LogP contribution in [0.2, 0.25) is 0 Å². The average Bonchev–Trinajstić information content (AvgIpc) is 3.33. The number of carbonyl (C=O) groups excluding carboxylic acids is 1. The molecule has 168 valence electrons. The molecule has 0 saturated carbocycles. The quantitative estimate of drug-likeness (QED) is 0.465. The molecule has 0 aliphatic carbocycles. The lowest BCUT2D eigenvalue weighted by Crippen LogP contribution is -2.21. The maximum atomic E-state index is 11.1. The minimum atomic E-state index is -0.0682. The Balaban J connectivity index is 1.87. The van der Waals surface area contributed by atoms with Crippen molar-refractivity contribution in [2.75, 3.05) is 11.9 Å². The second kappa shape index (κ2) is 11.1. The van der Waals surface area contributed by atoms with E-state index < -0.39 is 0 Å². The minimum Gasteiger partial charge on any atom is -0.352 e. The van der Waals surface area contributed by atoms with E-state index in [0.717, 1.165) is 11.1 Å². The monoisotopic (exact) mass is 460 g/mol. The number of thioether (sulfide) groups is 1. The molecule has 0 atom stereocenters. The molecule has 0 aliphatic rings. The van der Waals surface area contributed by atoms with E-state index in [1.807, 2.05) is 43.1 Å². The van der Waals surface area contributed by atoms with Gasteiger partial charge in [0.25, 0.3) is 0 Å². The third-order valence-corrected chi connectivity index (χ3v) is 6.03. The average molecular weight is 461 g/mol. The topological polar surface area (TPSA) is 134 Å². The van der Waals surface area contributed by atoms with Crippen molar-refractivity contribution in [2.24, 2.45) is 0 Å². The lowest BCUT2D eigenvalue weighted by Gasteiger charge is -2.21. The number of nitrogens with zero attached hydrogens (tertiary/aromatic N) is 6. The first-order chi connectivity index (χ1) is 16.0. The highest BCUT2D eigenvalue weighted by Gasteiger charge is 2.22. The van der Waals surface area contributed by atoms with E-state index in [0.29, 0.717) is 58.6 Å². The number of benzene rings is 1. The summed E-state index contributed by atoms with van der Waals surface area (Å²) in [7, 11) is 1.83. The van der Waals surface area contributed by atoms with Crippen LogP contribution >= 0.6 is 11.8 Å². The van der Waals surface area contributed by atoms with Crippen molar-refractivity contribution in [2.45, 2.75) is 44.1 Å². The van der Waals surface area contributed by atoms with Gasteiger partial charge in [0.15, 0.2) is 0 Å². The van der Waals surface area contributed by atoms with Gasteiger partial charge in [0.1, 0.15) is 35.1 Å². The first-order valence-corrected chi connectivity index (χ1v) is 11.3. The van der Waals surface area contributed by atoms with Crippen LogP contribution in [0, 0.1) is 22.7 Å². The summed E-state index contributed by atoms with van der Waals surface area (Å²) in [4.78, 5) is 20.6. The normalized spacial score (nSPS) is 10.3. The highest BCUT2D eigenvalue weighted by atomic mass is 32.2. The van der Waals surface area contributed by atoms with Gasteiger partial charge in [-0.15, -0.1) is 22.0 Å². The molecule has 1 aromatic carbocycles. The van der Waals surface area contributed by atoms with Gasteiger partial charge in [-0.05, 0) is 23.1 Å². The number of aromatic amines is 1. The van der Waals surface area contributed by atoms with E-state index in [-0.39, 0.29) is 5.91 Å². The molecule has 0 fully saturated rings. The van der Waals surface area contributed by atoms with E-state index in [1.54, 1.807) is 0 Å². The Bertz CT molecular complexity index is 1190. The van der Waals surface area contributed by atoms with Crippen molar-refractivity contribution in [3.05, 3.63) is 64.2 Å². The number of hydrogen-bond acceptors (Lipinski definition) is 8. The molecule has 0 aliphatic heterocycles. The Labute approximate surface area is 196 Å². The van der Waals surface area contributed by atoms with Crippen LogP contribution in [0.1, 0.15) is 47.5 Å². The highest BCUT2D eigenvalue weighted by Crippen LogP contribution is 2.33. The van der Waals surface area contributed by atoms with Crippen LogP contribution in [0.15, 0.2) is 35.6 Å². The molecule has 10 heteroatoms. The highest BCUT2D eigenvalue weighted by molar-refractivity contribution is 7.98. The number of nitriles is 2. The number of anilines is 1. The van der Waals surface area contributed by atoms with Crippen molar-refractivity contribution < 1.29 is 4.79 Å². The van der Waals surface area contributed by atoms with Crippen LogP contribution in [0.25, 0.3) is 0 Å². The van der Waals surface area contributed by atoms with E-state index in [4.69, 9.17) is 4.98 Å². The van der Waals surface area contributed by atoms with Crippen molar-refractivity contribution in [3.8, 4) is 12.1 Å². The Hall–Kier alpha value is -3.89. The molecule has 2 heterocycles. The lowest BCUT2D eigenvalue weighted by molar-refractivity contribution is -0.119. The third-order valence-electron chi connectivity index (χ3n) is 4.98. The van der Waals surface area contributed by atoms with Crippen LogP contribution in [0.5, 0.6) is 0 Å². The van der Waals surface area contributed by atoms with Gasteiger partial charge in [-0.3, -0.25) is 4.79 Å². The van der Waals surface area contributed by atoms with Crippen LogP contribution in [0.3, 0.4) is 0 Å². The zero-order chi connectivity index (χ0) is 23.8. The molecule has 2 N–H and O–H groups in total. The maximum absolute atomic E-state index is 11.1. The first kappa shape index (κ1) is 23.8. The fourth-order valence-corrected chi connectivity index (χ4v) is 4.26. The van der Waals surface area contributed by atoms with Gasteiger partial charge in [0, 0.05) is 26.3 Å². The molecule has 0 saturated heterocycles. The molecule has 0 spiro atoms. The Morgan fingerprint density at radius 2 is 1.88 bits per heavy atom. The number of rotatable bonds is 9. The number of pyridine rings is 1. The van der Waals surface area contributed by atoms with Crippen LogP contribution in [-0.4, -0.2) is 33.1 Å². The zero-order valence-corrected chi connectivity index (χ0v) is 19.5. The van der Waals surface area contributed by atoms with Crippen molar-refractivity contribution in [1.82, 2.24) is 25.5 Å². The Morgan fingerprint density at radius 3 is 2.45 bits per heavy atom. The molecule has 0 radical (unpaired) electrons. The predicted octanol–water partition coefficient (Wildman–Crippen LogP) is 3.07. The molecule has 0 bridgehead atoms. The number of amides is 1. The lowest BCUT2D eigenvalue weighted by atomic mass is 10.0. The minimum absolute atomic E-state index is 0.0682. The molecule has 3 aromatic rings. The standard InChI is InChI=1S/C23H24N8OS/c1-4-18-19(9-24)22(31(3)12-21-27-14-28-30-21)29-23(20(18)10-25)33-13-17-7-5-16(6-8-17)11-26-15(2)32/h5-8,14H,4,11-13H2,1-3H3,(H,26,32)(H,27,28,30).